The highest BCUT2D eigenvalue weighted by molar-refractivity contribution is 8.00. The van der Waals surface area contributed by atoms with Gasteiger partial charge in [-0.25, -0.2) is 0 Å². The summed E-state index contributed by atoms with van der Waals surface area (Å²) in [5, 5.41) is 10.3. The van der Waals surface area contributed by atoms with Crippen molar-refractivity contribution in [2.75, 3.05) is 52.6 Å². The van der Waals surface area contributed by atoms with Gasteiger partial charge < -0.3 is 62.3 Å². The lowest BCUT2D eigenvalue weighted by Gasteiger charge is -2.49. The van der Waals surface area contributed by atoms with Crippen molar-refractivity contribution in [2.45, 2.75) is 210 Å². The van der Waals surface area contributed by atoms with E-state index in [-0.39, 0.29) is 61.5 Å². The first kappa shape index (κ1) is 62.7. The molecule has 1 aromatic carbocycles. The number of rotatable bonds is 17. The number of hydrogen-bond acceptors (Lipinski definition) is 18. The predicted molar refractivity (Wildman–Crippen MR) is 299 cm³/mol. The molecule has 79 heavy (non-hydrogen) atoms. The van der Waals surface area contributed by atoms with Gasteiger partial charge in [-0.3, -0.25) is 24.2 Å². The van der Waals surface area contributed by atoms with Crippen LogP contribution in [0.4, 0.5) is 5.69 Å². The van der Waals surface area contributed by atoms with E-state index in [9.17, 15) is 14.7 Å². The van der Waals surface area contributed by atoms with E-state index in [1.807, 2.05) is 67.8 Å². The molecule has 1 aromatic heterocycles. The van der Waals surface area contributed by atoms with E-state index in [1.54, 1.807) is 77.4 Å². The molecule has 1 N–H and O–H groups in total. The molecule has 19 heteroatoms. The zero-order valence-corrected chi connectivity index (χ0v) is 50.3. The Balaban J connectivity index is 1.25. The number of ketones is 1. The summed E-state index contributed by atoms with van der Waals surface area (Å²) in [5.41, 5.74) is -2.70. The first-order valence-corrected chi connectivity index (χ1v) is 29.7. The molecule has 7 rings (SSSR count). The maximum atomic E-state index is 15.4. The molecule has 4 saturated heterocycles. The van der Waals surface area contributed by atoms with Crippen molar-refractivity contribution in [1.29, 1.82) is 0 Å². The number of Topliss-reactive ketones (excluding diaryl/α,β-unsaturated/α-hetero) is 1. The Bertz CT molecular complexity index is 2380. The number of esters is 2. The molecule has 5 unspecified atom stereocenters. The number of thioether (sulfide) groups is 1. The molecule has 18 nitrogen and oxygen atoms in total. The van der Waals surface area contributed by atoms with Crippen LogP contribution in [0.25, 0.3) is 0 Å². The normalized spacial score (nSPS) is 37.9. The van der Waals surface area contributed by atoms with E-state index in [4.69, 9.17) is 47.4 Å². The van der Waals surface area contributed by atoms with Crippen LogP contribution in [0.5, 0.6) is 11.5 Å². The van der Waals surface area contributed by atoms with Crippen molar-refractivity contribution in [3.8, 4) is 11.5 Å². The Morgan fingerprint density at radius 2 is 1.52 bits per heavy atom. The Kier molecular flexibility index (Phi) is 21.1. The summed E-state index contributed by atoms with van der Waals surface area (Å²) < 4.78 is 64.8. The van der Waals surface area contributed by atoms with Crippen molar-refractivity contribution in [3.63, 3.8) is 0 Å². The molecule has 5 aliphatic rings. The lowest BCUT2D eigenvalue weighted by molar-refractivity contribution is -0.309. The average molecular weight is 1130 g/mol. The highest BCUT2D eigenvalue weighted by atomic mass is 32.2. The van der Waals surface area contributed by atoms with Crippen molar-refractivity contribution < 1.29 is 71.7 Å². The largest absolute Gasteiger partial charge is 0.493 e. The summed E-state index contributed by atoms with van der Waals surface area (Å²) in [6, 6.07) is 8.91. The molecule has 4 aliphatic heterocycles. The topological polar surface area (TPSA) is 200 Å². The number of carbonyl (C=O) groups excluding carboxylic acids is 4. The van der Waals surface area contributed by atoms with Gasteiger partial charge in [0.1, 0.15) is 23.2 Å². The molecule has 0 spiro atoms. The van der Waals surface area contributed by atoms with Crippen LogP contribution in [0, 0.1) is 29.6 Å². The number of methoxy groups -OCH3 is 3. The van der Waals surface area contributed by atoms with Gasteiger partial charge in [0.15, 0.2) is 29.7 Å². The zero-order valence-electron chi connectivity index (χ0n) is 49.5. The number of amides is 1. The molecule has 18 atom stereocenters. The minimum absolute atomic E-state index is 0.0322. The number of hydrogen-bond donors (Lipinski definition) is 1. The van der Waals surface area contributed by atoms with Gasteiger partial charge in [-0.05, 0) is 125 Å². The molecular formula is C60H91N3O15S. The maximum absolute atomic E-state index is 15.4. The number of fused-ring (bicyclic) bond motifs is 1. The van der Waals surface area contributed by atoms with Crippen LogP contribution in [0.15, 0.2) is 42.7 Å². The van der Waals surface area contributed by atoms with E-state index in [0.717, 1.165) is 32.1 Å². The molecule has 1 saturated carbocycles. The first-order chi connectivity index (χ1) is 37.4. The average Bonchev–Trinajstić information content (AvgIpc) is 4.17. The molecule has 5 fully saturated rings. The van der Waals surface area contributed by atoms with Crippen LogP contribution in [-0.4, -0.2) is 170 Å². The van der Waals surface area contributed by atoms with Gasteiger partial charge in [-0.15, -0.1) is 11.8 Å². The van der Waals surface area contributed by atoms with Crippen molar-refractivity contribution in [2.24, 2.45) is 29.6 Å². The smallest absolute Gasteiger partial charge is 0.320 e. The summed E-state index contributed by atoms with van der Waals surface area (Å²) in [7, 11) is 8.80. The summed E-state index contributed by atoms with van der Waals surface area (Å²) in [5.74, 6) is -4.09. The number of nitrogens with zero attached hydrogens (tertiary/aromatic N) is 3. The van der Waals surface area contributed by atoms with Gasteiger partial charge in [0, 0.05) is 98.8 Å². The van der Waals surface area contributed by atoms with E-state index in [1.165, 1.54) is 18.9 Å². The molecule has 1 aliphatic carbocycles. The summed E-state index contributed by atoms with van der Waals surface area (Å²) in [4.78, 5) is 67.8. The minimum atomic E-state index is -1.47. The fourth-order valence-electron chi connectivity index (χ4n) is 13.2. The van der Waals surface area contributed by atoms with Crippen molar-refractivity contribution in [3.05, 3.63) is 48.3 Å². The second-order valence-electron chi connectivity index (χ2n) is 23.8. The number of ether oxygens (including phenoxy) is 10. The third kappa shape index (κ3) is 13.8. The highest BCUT2D eigenvalue weighted by Crippen LogP contribution is 2.50. The number of pyridine rings is 1. The van der Waals surface area contributed by atoms with E-state index < -0.39 is 107 Å². The predicted octanol–water partition coefficient (Wildman–Crippen LogP) is 8.46. The standard InChI is InChI=1S/C60H91N3O15S/c1-16-46-60(10)49(52(57(68)78-60)79-28-27-63(55(66)40-23-25-61-26-24-40)41-21-22-44(69-13)45(30-41)74-43-19-17-18-20-43)36(4)50(64)34(2)32-59(9,71-15)54(77-47-31-42(62(11)12)29-35(3)72-47)37(5)51(38(6)56(67)75-46)76-48-33-58(8,70-14)53(65)39(7)73-48/h21-26,30,34-39,42-43,46-49,51-54,65H,16-20,27-29,31-33H2,1-15H3/t34-,35-,36?,37+,38?,39?,42+,46-,47?,48+,49+,51+,52+,53+,54-,58?,59-,60-/m1/s1. The molecule has 1 amide bonds. The SMILES string of the molecule is CC[C@H]1OC(=O)C(C)[C@@H](O[C@H]2CC(C)(OC)[C@@H](O)C(C)O2)[C@H](C)[C@@H](OC2C[C@@H](N(C)C)C[C@@H](C)O2)[C@](C)(OC)C[C@@H](C)C(=O)C(C)[C@H]2[C@H](SCCN(C(=O)c3ccncc3)c3ccc(OC)c(OC4CCCC4)c3)C(=O)O[C@]12C. The molecule has 0 bridgehead atoms. The first-order valence-electron chi connectivity index (χ1n) is 28.6. The van der Waals surface area contributed by atoms with Gasteiger partial charge in [-0.1, -0.05) is 27.7 Å². The van der Waals surface area contributed by atoms with Gasteiger partial charge in [0.2, 0.25) is 0 Å². The van der Waals surface area contributed by atoms with Gasteiger partial charge in [-0.2, -0.15) is 0 Å². The second-order valence-corrected chi connectivity index (χ2v) is 25.1. The monoisotopic (exact) mass is 1130 g/mol. The lowest BCUT2D eigenvalue weighted by atomic mass is 9.70. The summed E-state index contributed by atoms with van der Waals surface area (Å²) in [6.45, 7) is 18.7. The third-order valence-corrected chi connectivity index (χ3v) is 19.3. The van der Waals surface area contributed by atoms with E-state index in [0.29, 0.717) is 29.2 Å². The molecule has 5 heterocycles. The fraction of sp³-hybridized carbons (Fsp3) is 0.750. The Morgan fingerprint density at radius 1 is 0.835 bits per heavy atom. The number of carbonyl (C=O) groups is 4. The summed E-state index contributed by atoms with van der Waals surface area (Å²) >= 11 is 1.31. The zero-order chi connectivity index (χ0) is 57.7. The number of aromatic nitrogens is 1. The van der Waals surface area contributed by atoms with E-state index >= 15 is 9.59 Å². The van der Waals surface area contributed by atoms with Crippen LogP contribution in [0.3, 0.4) is 0 Å². The van der Waals surface area contributed by atoms with Gasteiger partial charge in [0.25, 0.3) is 5.91 Å². The summed E-state index contributed by atoms with van der Waals surface area (Å²) in [6.07, 6.45) is 2.91. The van der Waals surface area contributed by atoms with Crippen molar-refractivity contribution in [1.82, 2.24) is 9.88 Å². The second kappa shape index (κ2) is 26.5. The number of anilines is 1. The number of benzene rings is 1. The Hall–Kier alpha value is -3.92. The highest BCUT2D eigenvalue weighted by Gasteiger charge is 2.62. The fourth-order valence-corrected chi connectivity index (χ4v) is 14.7. The van der Waals surface area contributed by atoms with Crippen LogP contribution < -0.4 is 14.4 Å². The Labute approximate surface area is 473 Å². The van der Waals surface area contributed by atoms with Crippen LogP contribution in [-0.2, 0) is 52.3 Å². The number of cyclic esters (lactones) is 1. The van der Waals surface area contributed by atoms with Crippen LogP contribution in [0.2, 0.25) is 0 Å². The third-order valence-electron chi connectivity index (χ3n) is 18.0. The lowest BCUT2D eigenvalue weighted by Crippen LogP contribution is -2.59. The van der Waals surface area contributed by atoms with Gasteiger partial charge in [0.05, 0.1) is 54.7 Å². The molecule has 442 valence electrons. The molecule has 0 radical (unpaired) electrons. The van der Waals surface area contributed by atoms with Crippen molar-refractivity contribution >= 4 is 41.1 Å². The number of aliphatic hydroxyl groups is 1. The molecule has 2 aromatic rings. The number of aliphatic hydroxyl groups excluding tert-OH is 1. The minimum Gasteiger partial charge on any atom is -0.493 e. The van der Waals surface area contributed by atoms with Gasteiger partial charge >= 0.3 is 11.9 Å². The van der Waals surface area contributed by atoms with Crippen LogP contribution >= 0.6 is 11.8 Å². The Morgan fingerprint density at radius 3 is 2.15 bits per heavy atom. The maximum Gasteiger partial charge on any atom is 0.320 e. The van der Waals surface area contributed by atoms with Crippen LogP contribution in [0.1, 0.15) is 137 Å². The quantitative estimate of drug-likeness (QED) is 0.148. The van der Waals surface area contributed by atoms with E-state index in [2.05, 4.69) is 9.88 Å². The molecular weight excluding hydrogens is 1030 g/mol.